The number of carbonyl (C=O) groups excluding carboxylic acids is 1. The van der Waals surface area contributed by atoms with Gasteiger partial charge in [-0.1, -0.05) is 35.9 Å². The lowest BCUT2D eigenvalue weighted by atomic mass is 9.89. The average Bonchev–Trinajstić information content (AvgIpc) is 3.70. The van der Waals surface area contributed by atoms with Crippen LogP contribution in [0.3, 0.4) is 0 Å². The minimum absolute atomic E-state index is 0.0841. The van der Waals surface area contributed by atoms with E-state index in [-0.39, 0.29) is 42.1 Å². The predicted octanol–water partition coefficient (Wildman–Crippen LogP) is 4.95. The Balaban J connectivity index is 1.57. The Labute approximate surface area is 253 Å². The van der Waals surface area contributed by atoms with Crippen molar-refractivity contribution in [3.8, 4) is 5.75 Å². The second-order valence-electron chi connectivity index (χ2n) is 11.9. The van der Waals surface area contributed by atoms with Crippen LogP contribution in [0.5, 0.6) is 5.75 Å². The van der Waals surface area contributed by atoms with Crippen molar-refractivity contribution in [2.24, 2.45) is 23.5 Å². The van der Waals surface area contributed by atoms with Gasteiger partial charge in [0.2, 0.25) is 0 Å². The highest BCUT2D eigenvalue weighted by atomic mass is 35.5. The zero-order valence-corrected chi connectivity index (χ0v) is 26.3. The highest BCUT2D eigenvalue weighted by Crippen LogP contribution is 2.49. The fraction of sp³-hybridized carbons (Fsp3) is 0.645. The molecule has 1 aromatic rings. The van der Waals surface area contributed by atoms with Gasteiger partial charge in [-0.2, -0.15) is 13.2 Å². The van der Waals surface area contributed by atoms with Crippen molar-refractivity contribution in [1.29, 1.82) is 0 Å². The van der Waals surface area contributed by atoms with E-state index in [0.29, 0.717) is 11.8 Å². The number of hydrogen-bond acceptors (Lipinski definition) is 6. The standard InChI is InChI=1S/C31H46ClF3N4O3/c1-7-42-25-10-8-9-24(18-25)30(41,31(33,34)35)29(40)38(6)19-23-17-27(23)22-13-15-39(16-14-22)20(2)11-12-26(28(32)36)21(3)37(4)5/h8-12,18,20-23,27,41H,7,13-17,19,36H2,1-6H3/b12-11-,28-26+/t20?,21?,23-,27+,30+/m0/s1. The number of alkyl halides is 3. The van der Waals surface area contributed by atoms with Crippen molar-refractivity contribution in [3.05, 3.63) is 52.7 Å². The van der Waals surface area contributed by atoms with Gasteiger partial charge in [0.05, 0.1) is 6.61 Å². The van der Waals surface area contributed by atoms with Gasteiger partial charge in [0.1, 0.15) is 10.9 Å². The van der Waals surface area contributed by atoms with Gasteiger partial charge in [-0.05, 0) is 97.1 Å². The first kappa shape index (κ1) is 34.2. The van der Waals surface area contributed by atoms with E-state index in [1.807, 2.05) is 32.0 Å². The van der Waals surface area contributed by atoms with Gasteiger partial charge in [0.15, 0.2) is 0 Å². The number of ether oxygens (including phenoxy) is 1. The second kappa shape index (κ2) is 14.0. The largest absolute Gasteiger partial charge is 0.494 e. The van der Waals surface area contributed by atoms with Crippen molar-refractivity contribution in [1.82, 2.24) is 14.7 Å². The summed E-state index contributed by atoms with van der Waals surface area (Å²) in [5, 5.41) is 11.1. The lowest BCUT2D eigenvalue weighted by molar-refractivity contribution is -0.261. The fourth-order valence-electron chi connectivity index (χ4n) is 5.97. The van der Waals surface area contributed by atoms with Crippen molar-refractivity contribution in [3.63, 3.8) is 0 Å². The zero-order valence-electron chi connectivity index (χ0n) is 25.5. The van der Waals surface area contributed by atoms with Crippen LogP contribution in [0.15, 0.2) is 47.1 Å². The minimum Gasteiger partial charge on any atom is -0.494 e. The van der Waals surface area contributed by atoms with Gasteiger partial charge in [0.25, 0.3) is 11.5 Å². The molecule has 7 nitrogen and oxygen atoms in total. The summed E-state index contributed by atoms with van der Waals surface area (Å²) < 4.78 is 47.9. The number of aliphatic hydroxyl groups is 1. The summed E-state index contributed by atoms with van der Waals surface area (Å²) in [7, 11) is 5.29. The number of rotatable bonds is 12. The van der Waals surface area contributed by atoms with Crippen molar-refractivity contribution in [2.45, 2.75) is 63.9 Å². The molecule has 0 bridgehead atoms. The molecule has 1 aliphatic heterocycles. The van der Waals surface area contributed by atoms with E-state index in [2.05, 4.69) is 17.9 Å². The van der Waals surface area contributed by atoms with Gasteiger partial charge < -0.3 is 25.4 Å². The smallest absolute Gasteiger partial charge is 0.430 e. The quantitative estimate of drug-likeness (QED) is 0.256. The molecule has 236 valence electrons. The molecule has 2 fully saturated rings. The van der Waals surface area contributed by atoms with Gasteiger partial charge >= 0.3 is 6.18 Å². The summed E-state index contributed by atoms with van der Waals surface area (Å²) in [5.74, 6) is -0.279. The van der Waals surface area contributed by atoms with E-state index in [0.717, 1.165) is 55.0 Å². The molecule has 42 heavy (non-hydrogen) atoms. The SMILES string of the molecule is CCOc1cccc([C@@](O)(C(=O)N(C)C[C@@H]2C[C@@H]2C2CCN(C(C)/C=C\C(=C(/N)Cl)C(C)N(C)C)CC2)C(F)(F)F)c1. The van der Waals surface area contributed by atoms with E-state index in [9.17, 15) is 23.1 Å². The molecule has 0 spiro atoms. The van der Waals surface area contributed by atoms with Crippen molar-refractivity contribution >= 4 is 17.5 Å². The average molecular weight is 615 g/mol. The first-order chi connectivity index (χ1) is 19.6. The zero-order chi connectivity index (χ0) is 31.4. The summed E-state index contributed by atoms with van der Waals surface area (Å²) in [6, 6.07) is 5.31. The number of piperidine rings is 1. The monoisotopic (exact) mass is 614 g/mol. The van der Waals surface area contributed by atoms with Crippen molar-refractivity contribution < 1.29 is 27.8 Å². The number of amides is 1. The molecule has 3 rings (SSSR count). The van der Waals surface area contributed by atoms with Crippen LogP contribution in [-0.4, -0.2) is 91.4 Å². The molecule has 1 amide bonds. The van der Waals surface area contributed by atoms with Gasteiger partial charge in [-0.3, -0.25) is 9.69 Å². The summed E-state index contributed by atoms with van der Waals surface area (Å²) in [4.78, 5) is 18.6. The Hall–Kier alpha value is -2.27. The maximum absolute atomic E-state index is 14.2. The van der Waals surface area contributed by atoms with Crippen molar-refractivity contribution in [2.75, 3.05) is 47.4 Å². The summed E-state index contributed by atoms with van der Waals surface area (Å²) in [6.45, 7) is 8.14. The van der Waals surface area contributed by atoms with Crippen LogP contribution >= 0.6 is 11.6 Å². The van der Waals surface area contributed by atoms with E-state index >= 15 is 0 Å². The predicted molar refractivity (Wildman–Crippen MR) is 160 cm³/mol. The summed E-state index contributed by atoms with van der Waals surface area (Å²) in [5.41, 5.74) is 2.59. The number of likely N-dealkylation sites (N-methyl/N-ethyl adjacent to an activating group) is 2. The highest BCUT2D eigenvalue weighted by molar-refractivity contribution is 6.29. The highest BCUT2D eigenvalue weighted by Gasteiger charge is 2.62. The number of benzene rings is 1. The number of hydrogen-bond donors (Lipinski definition) is 2. The molecule has 0 aromatic heterocycles. The number of nitrogens with zero attached hydrogens (tertiary/aromatic N) is 3. The third kappa shape index (κ3) is 7.81. The fourth-order valence-corrected chi connectivity index (χ4v) is 6.19. The Morgan fingerprint density at radius 3 is 2.43 bits per heavy atom. The Kier molecular flexibility index (Phi) is 11.4. The van der Waals surface area contributed by atoms with Gasteiger partial charge in [-0.25, -0.2) is 0 Å². The Morgan fingerprint density at radius 2 is 1.88 bits per heavy atom. The van der Waals surface area contributed by atoms with Crippen LogP contribution in [0.25, 0.3) is 0 Å². The second-order valence-corrected chi connectivity index (χ2v) is 12.3. The molecule has 5 atom stereocenters. The number of nitrogens with two attached hydrogens (primary N) is 1. The van der Waals surface area contributed by atoms with Crippen LogP contribution in [0.1, 0.15) is 45.6 Å². The third-order valence-electron chi connectivity index (χ3n) is 8.93. The minimum atomic E-state index is -5.19. The molecule has 2 aliphatic rings. The Morgan fingerprint density at radius 1 is 1.24 bits per heavy atom. The van der Waals surface area contributed by atoms with Crippen LogP contribution in [0.4, 0.5) is 13.2 Å². The first-order valence-corrected chi connectivity index (χ1v) is 15.0. The third-order valence-corrected chi connectivity index (χ3v) is 9.14. The van der Waals surface area contributed by atoms with E-state index in [1.54, 1.807) is 6.92 Å². The van der Waals surface area contributed by atoms with Crippen LogP contribution in [0, 0.1) is 17.8 Å². The van der Waals surface area contributed by atoms with Crippen LogP contribution in [-0.2, 0) is 10.4 Å². The number of halogens is 4. The molecule has 2 unspecified atom stereocenters. The van der Waals surface area contributed by atoms with E-state index < -0.39 is 23.2 Å². The molecular weight excluding hydrogens is 569 g/mol. The lowest BCUT2D eigenvalue weighted by Gasteiger charge is -2.36. The molecule has 1 heterocycles. The van der Waals surface area contributed by atoms with Gasteiger partial charge in [0, 0.05) is 36.8 Å². The molecule has 1 saturated heterocycles. The molecule has 1 aromatic carbocycles. The maximum atomic E-state index is 14.2. The van der Waals surface area contributed by atoms with E-state index in [1.165, 1.54) is 19.2 Å². The summed E-state index contributed by atoms with van der Waals surface area (Å²) >= 11 is 6.14. The molecule has 1 saturated carbocycles. The summed E-state index contributed by atoms with van der Waals surface area (Å²) in [6.07, 6.45) is 1.78. The van der Waals surface area contributed by atoms with E-state index in [4.69, 9.17) is 22.1 Å². The molecule has 1 aliphatic carbocycles. The maximum Gasteiger partial charge on any atom is 0.430 e. The number of likely N-dealkylation sites (tertiary alicyclic amines) is 1. The first-order valence-electron chi connectivity index (χ1n) is 14.6. The molecule has 0 radical (unpaired) electrons. The molecule has 3 N–H and O–H groups in total. The lowest BCUT2D eigenvalue weighted by Crippen LogP contribution is -2.55. The number of carbonyl (C=O) groups is 1. The van der Waals surface area contributed by atoms with Crippen LogP contribution < -0.4 is 10.5 Å². The van der Waals surface area contributed by atoms with Gasteiger partial charge in [-0.15, -0.1) is 0 Å². The topological polar surface area (TPSA) is 82.3 Å². The van der Waals surface area contributed by atoms with Crippen LogP contribution in [0.2, 0.25) is 0 Å². The Bertz CT molecular complexity index is 1130. The molecular formula is C31H46ClF3N4O3. The normalized spacial score (nSPS) is 23.8. The molecule has 11 heteroatoms.